The summed E-state index contributed by atoms with van der Waals surface area (Å²) in [4.78, 5) is 2.33. The standard InChI is InChI=1S/C15H26N2O2/c1-13(2)17(8-9-19-11-10-18-3)15-6-4-14(12-16)5-7-15/h4-7,13H,8-12,16H2,1-3H3. The second kappa shape index (κ2) is 8.91. The van der Waals surface area contributed by atoms with Crippen LogP contribution in [0, 0.1) is 0 Å². The molecule has 108 valence electrons. The lowest BCUT2D eigenvalue weighted by atomic mass is 10.1. The largest absolute Gasteiger partial charge is 0.382 e. The molecule has 0 aliphatic rings. The molecule has 1 aromatic carbocycles. The van der Waals surface area contributed by atoms with Crippen molar-refractivity contribution in [3.63, 3.8) is 0 Å². The van der Waals surface area contributed by atoms with E-state index in [1.54, 1.807) is 7.11 Å². The summed E-state index contributed by atoms with van der Waals surface area (Å²) in [5.41, 5.74) is 7.98. The van der Waals surface area contributed by atoms with Crippen molar-refractivity contribution in [2.75, 3.05) is 38.4 Å². The topological polar surface area (TPSA) is 47.7 Å². The molecule has 0 unspecified atom stereocenters. The second-order valence-corrected chi connectivity index (χ2v) is 4.76. The molecule has 4 heteroatoms. The van der Waals surface area contributed by atoms with Gasteiger partial charge in [-0.15, -0.1) is 0 Å². The molecule has 2 N–H and O–H groups in total. The summed E-state index contributed by atoms with van der Waals surface area (Å²) in [7, 11) is 1.68. The maximum Gasteiger partial charge on any atom is 0.0701 e. The first-order chi connectivity index (χ1) is 9.19. The molecule has 0 spiro atoms. The van der Waals surface area contributed by atoms with Crippen LogP contribution in [0.1, 0.15) is 19.4 Å². The molecule has 0 heterocycles. The third kappa shape index (κ3) is 5.59. The number of methoxy groups -OCH3 is 1. The normalized spacial score (nSPS) is 11.0. The van der Waals surface area contributed by atoms with Crippen LogP contribution in [0.2, 0.25) is 0 Å². The smallest absolute Gasteiger partial charge is 0.0701 e. The van der Waals surface area contributed by atoms with E-state index in [0.717, 1.165) is 12.1 Å². The van der Waals surface area contributed by atoms with Crippen molar-refractivity contribution in [3.8, 4) is 0 Å². The van der Waals surface area contributed by atoms with Crippen molar-refractivity contribution in [3.05, 3.63) is 29.8 Å². The maximum atomic E-state index is 5.62. The Morgan fingerprint density at radius 1 is 1.11 bits per heavy atom. The van der Waals surface area contributed by atoms with Gasteiger partial charge in [-0.3, -0.25) is 0 Å². The van der Waals surface area contributed by atoms with Crippen molar-refractivity contribution < 1.29 is 9.47 Å². The molecular weight excluding hydrogens is 240 g/mol. The van der Waals surface area contributed by atoms with E-state index >= 15 is 0 Å². The summed E-state index contributed by atoms with van der Waals surface area (Å²) in [6.45, 7) is 7.84. The molecule has 19 heavy (non-hydrogen) atoms. The predicted molar refractivity (Wildman–Crippen MR) is 79.5 cm³/mol. The Morgan fingerprint density at radius 3 is 2.32 bits per heavy atom. The minimum Gasteiger partial charge on any atom is -0.382 e. The van der Waals surface area contributed by atoms with Gasteiger partial charge in [-0.1, -0.05) is 12.1 Å². The highest BCUT2D eigenvalue weighted by Gasteiger charge is 2.10. The van der Waals surface area contributed by atoms with E-state index in [0.29, 0.717) is 32.4 Å². The van der Waals surface area contributed by atoms with Gasteiger partial charge in [0.1, 0.15) is 0 Å². The molecule has 0 amide bonds. The molecule has 0 saturated heterocycles. The molecular formula is C15H26N2O2. The highest BCUT2D eigenvalue weighted by Crippen LogP contribution is 2.17. The zero-order valence-corrected chi connectivity index (χ0v) is 12.3. The summed E-state index contributed by atoms with van der Waals surface area (Å²) >= 11 is 0. The summed E-state index contributed by atoms with van der Waals surface area (Å²) in [5.74, 6) is 0. The van der Waals surface area contributed by atoms with Gasteiger partial charge in [-0.2, -0.15) is 0 Å². The van der Waals surface area contributed by atoms with Gasteiger partial charge in [-0.25, -0.2) is 0 Å². The molecule has 0 fully saturated rings. The Hall–Kier alpha value is -1.10. The molecule has 0 radical (unpaired) electrons. The number of hydrogen-bond donors (Lipinski definition) is 1. The van der Waals surface area contributed by atoms with Gasteiger partial charge < -0.3 is 20.1 Å². The summed E-state index contributed by atoms with van der Waals surface area (Å²) in [5, 5.41) is 0. The average Bonchev–Trinajstić information content (AvgIpc) is 2.43. The first-order valence-electron chi connectivity index (χ1n) is 6.81. The highest BCUT2D eigenvalue weighted by atomic mass is 16.5. The third-order valence-electron chi connectivity index (χ3n) is 3.04. The predicted octanol–water partition coefficient (Wildman–Crippen LogP) is 2.02. The van der Waals surface area contributed by atoms with E-state index in [9.17, 15) is 0 Å². The number of ether oxygens (including phenoxy) is 2. The zero-order valence-electron chi connectivity index (χ0n) is 12.3. The number of benzene rings is 1. The number of rotatable bonds is 9. The Labute approximate surface area is 116 Å². The number of nitrogens with two attached hydrogens (primary N) is 1. The summed E-state index contributed by atoms with van der Waals surface area (Å²) in [6.07, 6.45) is 0. The molecule has 4 nitrogen and oxygen atoms in total. The monoisotopic (exact) mass is 266 g/mol. The molecule has 0 aromatic heterocycles. The fourth-order valence-electron chi connectivity index (χ4n) is 1.92. The minimum absolute atomic E-state index is 0.440. The van der Waals surface area contributed by atoms with Crippen LogP contribution in [0.4, 0.5) is 5.69 Å². The third-order valence-corrected chi connectivity index (χ3v) is 3.04. The lowest BCUT2D eigenvalue weighted by molar-refractivity contribution is 0.0736. The zero-order chi connectivity index (χ0) is 14.1. The van der Waals surface area contributed by atoms with Crippen LogP contribution in [-0.4, -0.2) is 39.5 Å². The lowest BCUT2D eigenvalue weighted by Gasteiger charge is -2.29. The number of anilines is 1. The van der Waals surface area contributed by atoms with Crippen LogP contribution < -0.4 is 10.6 Å². The van der Waals surface area contributed by atoms with Crippen molar-refractivity contribution >= 4 is 5.69 Å². The average molecular weight is 266 g/mol. The van der Waals surface area contributed by atoms with Crippen molar-refractivity contribution in [2.45, 2.75) is 26.4 Å². The van der Waals surface area contributed by atoms with E-state index < -0.39 is 0 Å². The lowest BCUT2D eigenvalue weighted by Crippen LogP contribution is -2.34. The minimum atomic E-state index is 0.440. The Balaban J connectivity index is 2.51. The van der Waals surface area contributed by atoms with Crippen LogP contribution >= 0.6 is 0 Å². The summed E-state index contributed by atoms with van der Waals surface area (Å²) < 4.78 is 10.5. The van der Waals surface area contributed by atoms with E-state index in [1.165, 1.54) is 5.69 Å². The first-order valence-corrected chi connectivity index (χ1v) is 6.81. The fraction of sp³-hybridized carbons (Fsp3) is 0.600. The molecule has 0 aliphatic carbocycles. The molecule has 1 aromatic rings. The number of nitrogens with zero attached hydrogens (tertiary/aromatic N) is 1. The van der Waals surface area contributed by atoms with Gasteiger partial charge in [-0.05, 0) is 31.5 Å². The maximum absolute atomic E-state index is 5.62. The van der Waals surface area contributed by atoms with Gasteiger partial charge in [0, 0.05) is 31.9 Å². The Morgan fingerprint density at radius 2 is 1.79 bits per heavy atom. The van der Waals surface area contributed by atoms with E-state index in [4.69, 9.17) is 15.2 Å². The van der Waals surface area contributed by atoms with Gasteiger partial charge in [0.15, 0.2) is 0 Å². The summed E-state index contributed by atoms with van der Waals surface area (Å²) in [6, 6.07) is 8.84. The van der Waals surface area contributed by atoms with Gasteiger partial charge >= 0.3 is 0 Å². The van der Waals surface area contributed by atoms with Gasteiger partial charge in [0.25, 0.3) is 0 Å². The second-order valence-electron chi connectivity index (χ2n) is 4.76. The van der Waals surface area contributed by atoms with Crippen molar-refractivity contribution in [1.82, 2.24) is 0 Å². The molecule has 0 aliphatic heterocycles. The Bertz CT molecular complexity index is 339. The first kappa shape index (κ1) is 16.0. The van der Waals surface area contributed by atoms with Crippen molar-refractivity contribution in [1.29, 1.82) is 0 Å². The van der Waals surface area contributed by atoms with E-state index in [-0.39, 0.29) is 0 Å². The Kier molecular flexibility index (Phi) is 7.48. The van der Waals surface area contributed by atoms with Crippen molar-refractivity contribution in [2.24, 2.45) is 5.73 Å². The number of hydrogen-bond acceptors (Lipinski definition) is 4. The van der Waals surface area contributed by atoms with Gasteiger partial charge in [0.05, 0.1) is 19.8 Å². The van der Waals surface area contributed by atoms with Crippen LogP contribution in [0.15, 0.2) is 24.3 Å². The van der Waals surface area contributed by atoms with Crippen LogP contribution in [0.3, 0.4) is 0 Å². The highest BCUT2D eigenvalue weighted by molar-refractivity contribution is 5.48. The van der Waals surface area contributed by atoms with E-state index in [2.05, 4.69) is 43.0 Å². The molecule has 0 bridgehead atoms. The van der Waals surface area contributed by atoms with Gasteiger partial charge in [0.2, 0.25) is 0 Å². The SMILES string of the molecule is COCCOCCN(c1ccc(CN)cc1)C(C)C. The van der Waals surface area contributed by atoms with E-state index in [1.807, 2.05) is 0 Å². The fourth-order valence-corrected chi connectivity index (χ4v) is 1.92. The van der Waals surface area contributed by atoms with Crippen LogP contribution in [-0.2, 0) is 16.0 Å². The van der Waals surface area contributed by atoms with Crippen LogP contribution in [0.5, 0.6) is 0 Å². The van der Waals surface area contributed by atoms with Crippen LogP contribution in [0.25, 0.3) is 0 Å². The molecule has 1 rings (SSSR count). The quantitative estimate of drug-likeness (QED) is 0.695. The molecule has 0 atom stereocenters. The molecule has 0 saturated carbocycles.